The van der Waals surface area contributed by atoms with Gasteiger partial charge in [0.05, 0.1) is 0 Å². The molecule has 1 aliphatic rings. The average Bonchev–Trinajstić information content (AvgIpc) is 2.13. The van der Waals surface area contributed by atoms with Crippen molar-refractivity contribution < 1.29 is 0 Å². The van der Waals surface area contributed by atoms with E-state index in [1.807, 2.05) is 36.7 Å². The zero-order chi connectivity index (χ0) is 8.53. The number of hydrogen-bond acceptors (Lipinski definition) is 1. The summed E-state index contributed by atoms with van der Waals surface area (Å²) in [6, 6.07) is 0. The Morgan fingerprint density at radius 3 is 1.55 bits per heavy atom. The molecule has 0 aromatic carbocycles. The van der Waals surface area contributed by atoms with Crippen LogP contribution >= 0.6 is 54.1 Å². The van der Waals surface area contributed by atoms with Crippen LogP contribution in [0, 0.1) is 0 Å². The molecule has 0 fully saturated rings. The summed E-state index contributed by atoms with van der Waals surface area (Å²) in [6.07, 6.45) is 11.6. The quantitative estimate of drug-likeness (QED) is 0.305. The molecule has 0 aromatic heterocycles. The minimum atomic E-state index is -0.683. The molecule has 5 heteroatoms. The van der Waals surface area contributed by atoms with Crippen LogP contribution in [0.3, 0.4) is 0 Å². The molecule has 1 rings (SSSR count). The molecule has 11 heavy (non-hydrogen) atoms. The molecular weight excluding hydrogens is 676 g/mol. The van der Waals surface area contributed by atoms with Crippen molar-refractivity contribution in [2.24, 2.45) is 0 Å². The second-order valence-corrected chi connectivity index (χ2v) is 77.0. The van der Waals surface area contributed by atoms with E-state index in [0.717, 1.165) is 0 Å². The molecule has 0 spiro atoms. The van der Waals surface area contributed by atoms with Gasteiger partial charge in [0.25, 0.3) is 0 Å². The molecule has 1 aliphatic heterocycles. The third-order valence-corrected chi connectivity index (χ3v) is 0.718. The summed E-state index contributed by atoms with van der Waals surface area (Å²) in [4.78, 5) is 0. The number of hydrogen-bond donors (Lipinski definition) is 1. The molecule has 0 saturated heterocycles. The van der Waals surface area contributed by atoms with Crippen molar-refractivity contribution in [3.63, 3.8) is 0 Å². The molecule has 0 radical (unpaired) electrons. The second kappa shape index (κ2) is 10.2. The van der Waals surface area contributed by atoms with E-state index < -0.39 is 9.18 Å². The monoisotopic (exact) mass is 683 g/mol. The van der Waals surface area contributed by atoms with Crippen molar-refractivity contribution >= 4 is 63.3 Å². The van der Waals surface area contributed by atoms with E-state index in [1.54, 1.807) is 0 Å². The SMILES string of the molecule is C1=CC=CNC=C1.[I][Bi]([I])[I]. The van der Waals surface area contributed by atoms with E-state index in [4.69, 9.17) is 0 Å². The molecule has 62 valence electrons. The third kappa shape index (κ3) is 14.9. The van der Waals surface area contributed by atoms with Crippen LogP contribution in [0.25, 0.3) is 0 Å². The maximum atomic E-state index is 2.92. The molecule has 0 unspecified atom stereocenters. The van der Waals surface area contributed by atoms with E-state index in [2.05, 4.69) is 59.5 Å². The summed E-state index contributed by atoms with van der Waals surface area (Å²) in [5.74, 6) is 0. The van der Waals surface area contributed by atoms with Gasteiger partial charge in [-0.05, 0) is 12.2 Å². The van der Waals surface area contributed by atoms with Crippen molar-refractivity contribution in [1.29, 1.82) is 0 Å². The van der Waals surface area contributed by atoms with Crippen LogP contribution in [0.5, 0.6) is 0 Å². The van der Waals surface area contributed by atoms with Crippen LogP contribution < -0.4 is 5.32 Å². The molecule has 1 heterocycles. The first-order chi connectivity index (χ1) is 5.23. The van der Waals surface area contributed by atoms with Gasteiger partial charge in [-0.25, -0.2) is 0 Å². The molecule has 0 bridgehead atoms. The Morgan fingerprint density at radius 1 is 0.818 bits per heavy atom. The van der Waals surface area contributed by atoms with Gasteiger partial charge in [0.2, 0.25) is 0 Å². The maximum absolute atomic E-state index is 2.92. The van der Waals surface area contributed by atoms with Crippen molar-refractivity contribution in [2.75, 3.05) is 0 Å². The van der Waals surface area contributed by atoms with Gasteiger partial charge < -0.3 is 5.32 Å². The topological polar surface area (TPSA) is 12.0 Å². The van der Waals surface area contributed by atoms with Gasteiger partial charge in [-0.2, -0.15) is 0 Å². The summed E-state index contributed by atoms with van der Waals surface area (Å²) in [5, 5.41) is 2.92. The van der Waals surface area contributed by atoms with Crippen molar-refractivity contribution in [3.05, 3.63) is 36.7 Å². The zero-order valence-electron chi connectivity index (χ0n) is 5.55. The van der Waals surface area contributed by atoms with E-state index >= 15 is 0 Å². The molecular formula is C6H7BiI3N. The van der Waals surface area contributed by atoms with Gasteiger partial charge in [0, 0.05) is 12.4 Å². The van der Waals surface area contributed by atoms with Gasteiger partial charge in [0.15, 0.2) is 0 Å². The number of rotatable bonds is 0. The summed E-state index contributed by atoms with van der Waals surface area (Å²) < 4.78 is 0. The standard InChI is InChI=1S/C6H7N.Bi.3HI/c1-2-4-6-7-5-3-1;;;;/h1-7H;;3*1H/q;+3;;;/p-3. The summed E-state index contributed by atoms with van der Waals surface area (Å²) >= 11 is 7.56. The molecule has 0 saturated carbocycles. The predicted octanol–water partition coefficient (Wildman–Crippen LogP) is 3.45. The Bertz CT molecular complexity index is 148. The van der Waals surface area contributed by atoms with E-state index in [1.165, 1.54) is 0 Å². The molecule has 1 nitrogen and oxygen atoms in total. The van der Waals surface area contributed by atoms with Gasteiger partial charge >= 0.3 is 63.3 Å². The fourth-order valence-electron chi connectivity index (χ4n) is 0.406. The fourth-order valence-corrected chi connectivity index (χ4v) is 0.406. The summed E-state index contributed by atoms with van der Waals surface area (Å²) in [6.45, 7) is 0. The summed E-state index contributed by atoms with van der Waals surface area (Å²) in [5.41, 5.74) is 0. The van der Waals surface area contributed by atoms with Gasteiger partial charge in [-0.1, -0.05) is 12.2 Å². The molecule has 1 N–H and O–H groups in total. The Morgan fingerprint density at radius 2 is 1.18 bits per heavy atom. The molecule has 0 amide bonds. The fraction of sp³-hybridized carbons (Fsp3) is 0. The number of allylic oxidation sites excluding steroid dienone is 4. The van der Waals surface area contributed by atoms with Gasteiger partial charge in [-0.15, -0.1) is 0 Å². The van der Waals surface area contributed by atoms with Crippen LogP contribution in [-0.4, -0.2) is 9.18 Å². The van der Waals surface area contributed by atoms with E-state index in [0.29, 0.717) is 0 Å². The first-order valence-corrected chi connectivity index (χ1v) is 32.1. The van der Waals surface area contributed by atoms with Crippen LogP contribution in [0.1, 0.15) is 0 Å². The molecule has 0 atom stereocenters. The average molecular weight is 683 g/mol. The minimum absolute atomic E-state index is 0.683. The Hall–Kier alpha value is 2.09. The Kier molecular flexibility index (Phi) is 12.1. The van der Waals surface area contributed by atoms with Crippen molar-refractivity contribution in [2.45, 2.75) is 0 Å². The molecule has 0 aromatic rings. The molecule has 0 aliphatic carbocycles. The first kappa shape index (κ1) is 13.1. The van der Waals surface area contributed by atoms with Gasteiger partial charge in [-0.3, -0.25) is 0 Å². The zero-order valence-corrected chi connectivity index (χ0v) is 15.5. The summed E-state index contributed by atoms with van der Waals surface area (Å²) in [7, 11) is -0.683. The van der Waals surface area contributed by atoms with Crippen LogP contribution in [0.4, 0.5) is 0 Å². The van der Waals surface area contributed by atoms with Crippen molar-refractivity contribution in [1.82, 2.24) is 5.32 Å². The van der Waals surface area contributed by atoms with E-state index in [9.17, 15) is 0 Å². The normalized spacial score (nSPS) is 13.5. The Balaban J connectivity index is 0.000000218. The van der Waals surface area contributed by atoms with Crippen LogP contribution in [-0.2, 0) is 0 Å². The van der Waals surface area contributed by atoms with Crippen molar-refractivity contribution in [3.8, 4) is 0 Å². The second-order valence-electron chi connectivity index (χ2n) is 1.46. The van der Waals surface area contributed by atoms with Crippen LogP contribution in [0.2, 0.25) is 0 Å². The predicted molar refractivity (Wildman–Crippen MR) is 78.4 cm³/mol. The van der Waals surface area contributed by atoms with Crippen LogP contribution in [0.15, 0.2) is 36.7 Å². The van der Waals surface area contributed by atoms with Gasteiger partial charge in [0.1, 0.15) is 0 Å². The number of halogens is 3. The first-order valence-electron chi connectivity index (χ1n) is 2.75. The third-order valence-electron chi connectivity index (χ3n) is 0.718. The number of nitrogens with one attached hydrogen (secondary N) is 1. The Labute approximate surface area is 103 Å². The van der Waals surface area contributed by atoms with E-state index in [-0.39, 0.29) is 0 Å².